The number of thiocarbonyl (C=S) groups is 1. The van der Waals surface area contributed by atoms with Crippen molar-refractivity contribution in [2.45, 2.75) is 25.7 Å². The lowest BCUT2D eigenvalue weighted by Gasteiger charge is -2.31. The van der Waals surface area contributed by atoms with Gasteiger partial charge in [0.2, 0.25) is 10.0 Å². The van der Waals surface area contributed by atoms with E-state index in [1.165, 1.54) is 10.4 Å². The van der Waals surface area contributed by atoms with E-state index in [-0.39, 0.29) is 15.8 Å². The molecule has 0 saturated carbocycles. The molecular formula is C22H29FN4O3S2. The summed E-state index contributed by atoms with van der Waals surface area (Å²) in [5.74, 6) is -0.334. The van der Waals surface area contributed by atoms with Crippen LogP contribution in [-0.4, -0.2) is 57.2 Å². The van der Waals surface area contributed by atoms with E-state index < -0.39 is 10.0 Å². The minimum Gasteiger partial charge on any atom is -0.378 e. The topological polar surface area (TPSA) is 73.9 Å². The van der Waals surface area contributed by atoms with Gasteiger partial charge in [-0.15, -0.1) is 0 Å². The maximum Gasteiger partial charge on any atom is 0.243 e. The molecule has 7 nitrogen and oxygen atoms in total. The molecule has 2 N–H and O–H groups in total. The SMILES string of the molecule is CCN(CC)S(=O)(=O)c1ccc(N2CCOCC2)c(NC(=S)Nc2ccc(C)c(F)c2)c1. The third-order valence-corrected chi connectivity index (χ3v) is 7.59. The first-order valence-corrected chi connectivity index (χ1v) is 12.4. The number of nitrogens with zero attached hydrogens (tertiary/aromatic N) is 2. The maximum absolute atomic E-state index is 13.9. The Hall–Kier alpha value is -2.27. The van der Waals surface area contributed by atoms with Crippen molar-refractivity contribution in [2.75, 3.05) is 54.9 Å². The van der Waals surface area contributed by atoms with E-state index in [4.69, 9.17) is 17.0 Å². The van der Waals surface area contributed by atoms with Gasteiger partial charge in [0.25, 0.3) is 0 Å². The van der Waals surface area contributed by atoms with E-state index in [0.29, 0.717) is 56.3 Å². The molecule has 1 fully saturated rings. The van der Waals surface area contributed by atoms with Crippen LogP contribution < -0.4 is 15.5 Å². The van der Waals surface area contributed by atoms with E-state index in [2.05, 4.69) is 15.5 Å². The van der Waals surface area contributed by atoms with Gasteiger partial charge in [-0.3, -0.25) is 0 Å². The van der Waals surface area contributed by atoms with Gasteiger partial charge in [-0.2, -0.15) is 4.31 Å². The van der Waals surface area contributed by atoms with Crippen molar-refractivity contribution < 1.29 is 17.5 Å². The van der Waals surface area contributed by atoms with Crippen molar-refractivity contribution in [3.8, 4) is 0 Å². The predicted octanol–water partition coefficient (Wildman–Crippen LogP) is 3.81. The van der Waals surface area contributed by atoms with Gasteiger partial charge in [-0.1, -0.05) is 19.9 Å². The Morgan fingerprint density at radius 1 is 1.12 bits per heavy atom. The van der Waals surface area contributed by atoms with Crippen LogP contribution in [0, 0.1) is 12.7 Å². The second-order valence-corrected chi connectivity index (χ2v) is 9.76. The van der Waals surface area contributed by atoms with E-state index >= 15 is 0 Å². The lowest BCUT2D eigenvalue weighted by atomic mass is 10.2. The Bertz CT molecular complexity index is 1070. The molecule has 174 valence electrons. The minimum absolute atomic E-state index is 0.185. The summed E-state index contributed by atoms with van der Waals surface area (Å²) in [6, 6.07) is 9.77. The number of morpholine rings is 1. The first kappa shape index (κ1) is 24.4. The Kier molecular flexibility index (Phi) is 8.05. The van der Waals surface area contributed by atoms with Crippen LogP contribution in [-0.2, 0) is 14.8 Å². The van der Waals surface area contributed by atoms with Gasteiger partial charge in [0, 0.05) is 31.9 Å². The summed E-state index contributed by atoms with van der Waals surface area (Å²) in [5, 5.41) is 6.32. The second kappa shape index (κ2) is 10.6. The van der Waals surface area contributed by atoms with E-state index in [1.54, 1.807) is 37.3 Å². The molecule has 0 aromatic heterocycles. The molecule has 2 aromatic carbocycles. The standard InChI is InChI=1S/C22H29FN4O3S2/c1-4-27(5-2)32(28,29)18-8-9-21(26-10-12-30-13-11-26)20(15-18)25-22(31)24-17-7-6-16(3)19(23)14-17/h6-9,14-15H,4-5,10-13H2,1-3H3,(H2,24,25,31). The molecule has 0 bridgehead atoms. The Morgan fingerprint density at radius 3 is 2.44 bits per heavy atom. The first-order valence-electron chi connectivity index (χ1n) is 10.6. The van der Waals surface area contributed by atoms with Gasteiger partial charge in [0.1, 0.15) is 5.82 Å². The molecule has 1 aliphatic rings. The van der Waals surface area contributed by atoms with Gasteiger partial charge in [0.15, 0.2) is 5.11 Å². The lowest BCUT2D eigenvalue weighted by Crippen LogP contribution is -2.37. The number of ether oxygens (including phenoxy) is 1. The predicted molar refractivity (Wildman–Crippen MR) is 131 cm³/mol. The van der Waals surface area contributed by atoms with Crippen LogP contribution in [0.4, 0.5) is 21.5 Å². The Morgan fingerprint density at radius 2 is 1.81 bits per heavy atom. The zero-order valence-electron chi connectivity index (χ0n) is 18.5. The van der Waals surface area contributed by atoms with E-state index in [1.807, 2.05) is 13.8 Å². The fraction of sp³-hybridized carbons (Fsp3) is 0.409. The number of hydrogen-bond acceptors (Lipinski definition) is 5. The number of hydrogen-bond donors (Lipinski definition) is 2. The summed E-state index contributed by atoms with van der Waals surface area (Å²) in [5.41, 5.74) is 2.43. The van der Waals surface area contributed by atoms with Crippen molar-refractivity contribution in [3.05, 3.63) is 47.8 Å². The quantitative estimate of drug-likeness (QED) is 0.584. The van der Waals surface area contributed by atoms with Crippen LogP contribution in [0.5, 0.6) is 0 Å². The summed E-state index contributed by atoms with van der Waals surface area (Å²) in [6.45, 7) is 8.60. The van der Waals surface area contributed by atoms with Crippen LogP contribution in [0.25, 0.3) is 0 Å². The van der Waals surface area contributed by atoms with Gasteiger partial charge in [0.05, 0.1) is 29.5 Å². The number of nitrogens with one attached hydrogen (secondary N) is 2. The molecule has 1 saturated heterocycles. The van der Waals surface area contributed by atoms with Crippen molar-refractivity contribution in [1.29, 1.82) is 0 Å². The monoisotopic (exact) mass is 480 g/mol. The molecule has 2 aromatic rings. The van der Waals surface area contributed by atoms with Gasteiger partial charge < -0.3 is 20.3 Å². The Labute approximate surface area is 194 Å². The number of anilines is 3. The zero-order chi connectivity index (χ0) is 23.3. The average molecular weight is 481 g/mol. The summed E-state index contributed by atoms with van der Waals surface area (Å²) in [6.07, 6.45) is 0. The van der Waals surface area contributed by atoms with Crippen LogP contribution in [0.2, 0.25) is 0 Å². The van der Waals surface area contributed by atoms with Gasteiger partial charge in [-0.25, -0.2) is 12.8 Å². The fourth-order valence-electron chi connectivity index (χ4n) is 3.52. The molecule has 3 rings (SSSR count). The highest BCUT2D eigenvalue weighted by molar-refractivity contribution is 7.89. The molecular weight excluding hydrogens is 451 g/mol. The maximum atomic E-state index is 13.9. The minimum atomic E-state index is -3.64. The summed E-state index contributed by atoms with van der Waals surface area (Å²) >= 11 is 5.44. The highest BCUT2D eigenvalue weighted by Gasteiger charge is 2.24. The molecule has 1 heterocycles. The molecule has 0 atom stereocenters. The third kappa shape index (κ3) is 5.55. The largest absolute Gasteiger partial charge is 0.378 e. The van der Waals surface area contributed by atoms with Gasteiger partial charge >= 0.3 is 0 Å². The van der Waals surface area contributed by atoms with Crippen molar-refractivity contribution in [1.82, 2.24) is 4.31 Å². The van der Waals surface area contributed by atoms with Crippen LogP contribution in [0.3, 0.4) is 0 Å². The third-order valence-electron chi connectivity index (χ3n) is 5.34. The second-order valence-electron chi connectivity index (χ2n) is 7.41. The van der Waals surface area contributed by atoms with Crippen LogP contribution >= 0.6 is 12.2 Å². The number of rotatable bonds is 7. The molecule has 0 radical (unpaired) electrons. The lowest BCUT2D eigenvalue weighted by molar-refractivity contribution is 0.123. The Balaban J connectivity index is 1.92. The van der Waals surface area contributed by atoms with Crippen molar-refractivity contribution >= 4 is 44.4 Å². The molecule has 32 heavy (non-hydrogen) atoms. The molecule has 0 spiro atoms. The molecule has 10 heteroatoms. The summed E-state index contributed by atoms with van der Waals surface area (Å²) < 4.78 is 46.9. The van der Waals surface area contributed by atoms with Gasteiger partial charge in [-0.05, 0) is 55.0 Å². The highest BCUT2D eigenvalue weighted by Crippen LogP contribution is 2.31. The number of benzene rings is 2. The van der Waals surface area contributed by atoms with Crippen LogP contribution in [0.15, 0.2) is 41.3 Å². The highest BCUT2D eigenvalue weighted by atomic mass is 32.2. The summed E-state index contributed by atoms with van der Waals surface area (Å²) in [4.78, 5) is 2.30. The van der Waals surface area contributed by atoms with E-state index in [9.17, 15) is 12.8 Å². The number of halogens is 1. The number of aryl methyl sites for hydroxylation is 1. The molecule has 0 unspecified atom stereocenters. The zero-order valence-corrected chi connectivity index (χ0v) is 20.2. The normalized spacial score (nSPS) is 14.5. The average Bonchev–Trinajstić information content (AvgIpc) is 2.77. The molecule has 0 aliphatic carbocycles. The fourth-order valence-corrected chi connectivity index (χ4v) is 5.24. The van der Waals surface area contributed by atoms with Crippen molar-refractivity contribution in [3.63, 3.8) is 0 Å². The summed E-state index contributed by atoms with van der Waals surface area (Å²) in [7, 11) is -3.64. The molecule has 1 aliphatic heterocycles. The smallest absolute Gasteiger partial charge is 0.243 e. The van der Waals surface area contributed by atoms with E-state index in [0.717, 1.165) is 5.69 Å². The van der Waals surface area contributed by atoms with Crippen LogP contribution in [0.1, 0.15) is 19.4 Å². The molecule has 0 amide bonds. The first-order chi connectivity index (χ1) is 15.3. The number of sulfonamides is 1. The van der Waals surface area contributed by atoms with Crippen molar-refractivity contribution in [2.24, 2.45) is 0 Å².